The van der Waals surface area contributed by atoms with Gasteiger partial charge in [-0.3, -0.25) is 0 Å². The van der Waals surface area contributed by atoms with Crippen LogP contribution in [0.2, 0.25) is 5.02 Å². The van der Waals surface area contributed by atoms with Crippen molar-refractivity contribution in [2.45, 2.75) is 11.4 Å². The molecule has 0 saturated heterocycles. The summed E-state index contributed by atoms with van der Waals surface area (Å²) in [5, 5.41) is 0.251. The summed E-state index contributed by atoms with van der Waals surface area (Å²) in [5.74, 6) is 1.13. The molecule has 2 aromatic rings. The third-order valence-corrected chi connectivity index (χ3v) is 5.62. The van der Waals surface area contributed by atoms with Crippen LogP contribution in [0.1, 0.15) is 5.56 Å². The Morgan fingerprint density at radius 2 is 1.88 bits per heavy atom. The van der Waals surface area contributed by atoms with Crippen molar-refractivity contribution in [2.24, 2.45) is 0 Å². The Kier molecular flexibility index (Phi) is 6.47. The van der Waals surface area contributed by atoms with Gasteiger partial charge in [-0.2, -0.15) is 4.31 Å². The Balaban J connectivity index is 2.14. The van der Waals surface area contributed by atoms with E-state index in [0.717, 1.165) is 5.56 Å². The molecule has 0 aliphatic heterocycles. The van der Waals surface area contributed by atoms with Crippen LogP contribution < -0.4 is 9.47 Å². The van der Waals surface area contributed by atoms with E-state index in [0.29, 0.717) is 18.1 Å². The first-order chi connectivity index (χ1) is 11.9. The van der Waals surface area contributed by atoms with Crippen LogP contribution in [0.25, 0.3) is 0 Å². The van der Waals surface area contributed by atoms with Crippen molar-refractivity contribution in [1.29, 1.82) is 0 Å². The number of nitrogens with zero attached hydrogens (tertiary/aromatic N) is 1. The summed E-state index contributed by atoms with van der Waals surface area (Å²) in [4.78, 5) is 0.117. The fourth-order valence-electron chi connectivity index (χ4n) is 2.18. The minimum absolute atomic E-state index is 0.117. The predicted octanol–water partition coefficient (Wildman–Crippen LogP) is 3.73. The van der Waals surface area contributed by atoms with Gasteiger partial charge in [0.05, 0.1) is 17.0 Å². The quantitative estimate of drug-likeness (QED) is 0.654. The maximum Gasteiger partial charge on any atom is 0.243 e. The smallest absolute Gasteiger partial charge is 0.243 e. The standard InChI is InChI=1S/C18H20ClNO4S/c1-4-11-24-15-7-5-14(6-8-15)13-20(2)25(21,22)16-9-10-18(23-3)17(19)12-16/h4-10,12H,1,11,13H2,2-3H3. The molecule has 0 atom stereocenters. The molecule has 2 rings (SSSR count). The van der Waals surface area contributed by atoms with E-state index in [-0.39, 0.29) is 16.5 Å². The van der Waals surface area contributed by atoms with Crippen LogP contribution in [-0.4, -0.2) is 33.5 Å². The van der Waals surface area contributed by atoms with Gasteiger partial charge in [0.1, 0.15) is 18.1 Å². The first-order valence-electron chi connectivity index (χ1n) is 7.51. The second-order valence-electron chi connectivity index (χ2n) is 5.30. The van der Waals surface area contributed by atoms with Crippen LogP contribution in [0.15, 0.2) is 60.0 Å². The third kappa shape index (κ3) is 4.75. The summed E-state index contributed by atoms with van der Waals surface area (Å²) in [6.45, 7) is 4.24. The molecule has 2 aromatic carbocycles. The molecule has 0 fully saturated rings. The van der Waals surface area contributed by atoms with Crippen molar-refractivity contribution in [3.05, 3.63) is 65.7 Å². The molecular formula is C18H20ClNO4S. The van der Waals surface area contributed by atoms with E-state index in [4.69, 9.17) is 21.1 Å². The van der Waals surface area contributed by atoms with Crippen LogP contribution >= 0.6 is 11.6 Å². The minimum Gasteiger partial charge on any atom is -0.495 e. The van der Waals surface area contributed by atoms with Crippen molar-refractivity contribution in [1.82, 2.24) is 4.31 Å². The highest BCUT2D eigenvalue weighted by molar-refractivity contribution is 7.89. The minimum atomic E-state index is -3.66. The molecular weight excluding hydrogens is 362 g/mol. The summed E-state index contributed by atoms with van der Waals surface area (Å²) in [5.41, 5.74) is 0.844. The number of hydrogen-bond donors (Lipinski definition) is 0. The topological polar surface area (TPSA) is 55.8 Å². The van der Waals surface area contributed by atoms with Crippen LogP contribution in [-0.2, 0) is 16.6 Å². The molecule has 0 aliphatic carbocycles. The average molecular weight is 382 g/mol. The highest BCUT2D eigenvalue weighted by atomic mass is 35.5. The first kappa shape index (κ1) is 19.3. The van der Waals surface area contributed by atoms with E-state index < -0.39 is 10.0 Å². The molecule has 25 heavy (non-hydrogen) atoms. The number of ether oxygens (including phenoxy) is 2. The lowest BCUT2D eigenvalue weighted by Crippen LogP contribution is -2.26. The molecule has 0 heterocycles. The van der Waals surface area contributed by atoms with Crippen LogP contribution in [0, 0.1) is 0 Å². The highest BCUT2D eigenvalue weighted by Gasteiger charge is 2.22. The van der Waals surface area contributed by atoms with Crippen molar-refractivity contribution < 1.29 is 17.9 Å². The zero-order chi connectivity index (χ0) is 18.4. The molecule has 134 valence electrons. The molecule has 0 aromatic heterocycles. The lowest BCUT2D eigenvalue weighted by molar-refractivity contribution is 0.363. The van der Waals surface area contributed by atoms with E-state index in [1.54, 1.807) is 18.2 Å². The number of hydrogen-bond acceptors (Lipinski definition) is 4. The zero-order valence-electron chi connectivity index (χ0n) is 14.1. The van der Waals surface area contributed by atoms with Crippen LogP contribution in [0.5, 0.6) is 11.5 Å². The number of rotatable bonds is 8. The number of sulfonamides is 1. The van der Waals surface area contributed by atoms with E-state index in [2.05, 4.69) is 6.58 Å². The van der Waals surface area contributed by atoms with E-state index in [9.17, 15) is 8.42 Å². The van der Waals surface area contributed by atoms with Gasteiger partial charge in [0, 0.05) is 13.6 Å². The normalized spacial score (nSPS) is 11.4. The lowest BCUT2D eigenvalue weighted by atomic mass is 10.2. The van der Waals surface area contributed by atoms with Gasteiger partial charge in [-0.15, -0.1) is 0 Å². The number of halogens is 1. The fraction of sp³-hybridized carbons (Fsp3) is 0.222. The average Bonchev–Trinajstić information content (AvgIpc) is 2.61. The molecule has 0 bridgehead atoms. The monoisotopic (exact) mass is 381 g/mol. The Morgan fingerprint density at radius 3 is 2.44 bits per heavy atom. The van der Waals surface area contributed by atoms with Crippen molar-refractivity contribution in [2.75, 3.05) is 20.8 Å². The predicted molar refractivity (Wildman–Crippen MR) is 98.8 cm³/mol. The second kappa shape index (κ2) is 8.38. The molecule has 0 aliphatic rings. The first-order valence-corrected chi connectivity index (χ1v) is 9.33. The molecule has 0 saturated carbocycles. The van der Waals surface area contributed by atoms with Crippen LogP contribution in [0.3, 0.4) is 0 Å². The molecule has 7 heteroatoms. The van der Waals surface area contributed by atoms with Crippen molar-refractivity contribution in [3.8, 4) is 11.5 Å². The highest BCUT2D eigenvalue weighted by Crippen LogP contribution is 2.28. The Bertz CT molecular complexity index is 835. The summed E-state index contributed by atoms with van der Waals surface area (Å²) >= 11 is 6.03. The van der Waals surface area contributed by atoms with Gasteiger partial charge in [0.25, 0.3) is 0 Å². The van der Waals surface area contributed by atoms with Gasteiger partial charge in [0.2, 0.25) is 10.0 Å². The molecule has 0 unspecified atom stereocenters. The molecule has 0 N–H and O–H groups in total. The Labute approximate surface area is 153 Å². The largest absolute Gasteiger partial charge is 0.495 e. The van der Waals surface area contributed by atoms with Crippen molar-refractivity contribution >= 4 is 21.6 Å². The van der Waals surface area contributed by atoms with Crippen LogP contribution in [0.4, 0.5) is 0 Å². The second-order valence-corrected chi connectivity index (χ2v) is 7.75. The number of methoxy groups -OCH3 is 1. The lowest BCUT2D eigenvalue weighted by Gasteiger charge is -2.18. The van der Waals surface area contributed by atoms with Gasteiger partial charge in [0.15, 0.2) is 0 Å². The maximum absolute atomic E-state index is 12.7. The molecule has 0 spiro atoms. The SMILES string of the molecule is C=CCOc1ccc(CN(C)S(=O)(=O)c2ccc(OC)c(Cl)c2)cc1. The Morgan fingerprint density at radius 1 is 1.20 bits per heavy atom. The molecule has 5 nitrogen and oxygen atoms in total. The zero-order valence-corrected chi connectivity index (χ0v) is 15.7. The van der Waals surface area contributed by atoms with Gasteiger partial charge in [-0.05, 0) is 35.9 Å². The van der Waals surface area contributed by atoms with E-state index in [1.807, 2.05) is 12.1 Å². The maximum atomic E-state index is 12.7. The molecule has 0 amide bonds. The van der Waals surface area contributed by atoms with E-state index >= 15 is 0 Å². The van der Waals surface area contributed by atoms with Gasteiger partial charge < -0.3 is 9.47 Å². The summed E-state index contributed by atoms with van der Waals surface area (Å²) in [6.07, 6.45) is 1.66. The fourth-order valence-corrected chi connectivity index (χ4v) is 3.68. The molecule has 0 radical (unpaired) electrons. The van der Waals surface area contributed by atoms with Gasteiger partial charge >= 0.3 is 0 Å². The van der Waals surface area contributed by atoms with Crippen molar-refractivity contribution in [3.63, 3.8) is 0 Å². The number of benzene rings is 2. The Hall–Kier alpha value is -2.02. The van der Waals surface area contributed by atoms with E-state index in [1.165, 1.54) is 36.7 Å². The van der Waals surface area contributed by atoms with Gasteiger partial charge in [-0.25, -0.2) is 8.42 Å². The summed E-state index contributed by atoms with van der Waals surface area (Å²) < 4.78 is 37.1. The van der Waals surface area contributed by atoms with Gasteiger partial charge in [-0.1, -0.05) is 36.4 Å². The summed E-state index contributed by atoms with van der Waals surface area (Å²) in [7, 11) is -0.661. The summed E-state index contributed by atoms with van der Waals surface area (Å²) in [6, 6.07) is 11.6. The third-order valence-electron chi connectivity index (χ3n) is 3.53.